The van der Waals surface area contributed by atoms with Gasteiger partial charge in [-0.3, -0.25) is 4.79 Å². The smallest absolute Gasteiger partial charge is 0.326 e. The first-order valence-electron chi connectivity index (χ1n) is 3.76. The average Bonchev–Trinajstić information content (AvgIpc) is 2.34. The minimum Gasteiger partial charge on any atom is -0.468 e. The zero-order valence-corrected chi connectivity index (χ0v) is 7.47. The van der Waals surface area contributed by atoms with Crippen LogP contribution in [-0.2, 0) is 9.53 Å². The molecule has 1 saturated carbocycles. The van der Waals surface area contributed by atoms with Gasteiger partial charge in [0.05, 0.1) is 7.11 Å². The number of carbonyl (C=O) groups is 1. The van der Waals surface area contributed by atoms with Crippen LogP contribution in [0.3, 0.4) is 0 Å². The molecule has 0 unspecified atom stereocenters. The third-order valence-corrected chi connectivity index (χ3v) is 3.27. The third kappa shape index (κ3) is 0.745. The second-order valence-electron chi connectivity index (χ2n) is 3.80. The van der Waals surface area contributed by atoms with E-state index in [2.05, 4.69) is 4.74 Å². The van der Waals surface area contributed by atoms with Crippen molar-refractivity contribution in [2.24, 2.45) is 17.1 Å². The van der Waals surface area contributed by atoms with Gasteiger partial charge in [-0.05, 0) is 11.3 Å². The van der Waals surface area contributed by atoms with Crippen molar-refractivity contribution < 1.29 is 9.53 Å². The Balaban J connectivity index is 2.82. The molecule has 3 heteroatoms. The van der Waals surface area contributed by atoms with E-state index < -0.39 is 5.54 Å². The van der Waals surface area contributed by atoms with Crippen molar-refractivity contribution in [1.82, 2.24) is 0 Å². The predicted octanol–water partition coefficient (Wildman–Crippen LogP) is 0.533. The molecule has 0 radical (unpaired) electrons. The van der Waals surface area contributed by atoms with Crippen LogP contribution in [0.5, 0.6) is 0 Å². The molecule has 0 aliphatic heterocycles. The second kappa shape index (κ2) is 1.97. The normalized spacial score (nSPS) is 39.9. The number of hydrogen-bond donors (Lipinski definition) is 1. The van der Waals surface area contributed by atoms with Crippen LogP contribution in [0.4, 0.5) is 0 Å². The molecule has 0 bridgehead atoms. The molecule has 0 spiro atoms. The minimum absolute atomic E-state index is 0.111. The molecule has 0 heterocycles. The number of nitrogens with two attached hydrogens (primary N) is 1. The highest BCUT2D eigenvalue weighted by atomic mass is 16.5. The van der Waals surface area contributed by atoms with Crippen LogP contribution in [0.15, 0.2) is 0 Å². The van der Waals surface area contributed by atoms with E-state index in [-0.39, 0.29) is 17.3 Å². The lowest BCUT2D eigenvalue weighted by Crippen LogP contribution is -2.39. The maximum atomic E-state index is 11.2. The first kappa shape index (κ1) is 8.53. The van der Waals surface area contributed by atoms with Crippen LogP contribution < -0.4 is 5.73 Å². The summed E-state index contributed by atoms with van der Waals surface area (Å²) in [5, 5.41) is 0. The monoisotopic (exact) mass is 157 g/mol. The molecular formula is C8H15NO2. The molecule has 0 aromatic rings. The summed E-state index contributed by atoms with van der Waals surface area (Å²) in [5.74, 6) is -0.0857. The Morgan fingerprint density at radius 2 is 1.91 bits per heavy atom. The molecule has 2 atom stereocenters. The van der Waals surface area contributed by atoms with Crippen molar-refractivity contribution >= 4 is 5.97 Å². The van der Waals surface area contributed by atoms with Gasteiger partial charge in [0, 0.05) is 0 Å². The van der Waals surface area contributed by atoms with E-state index in [1.807, 2.05) is 20.8 Å². The van der Waals surface area contributed by atoms with Crippen LogP contribution in [0.2, 0.25) is 0 Å². The Hall–Kier alpha value is -0.570. The SMILES string of the molecule is COC(=O)[C@@]1(N)[C@@H](C)C1(C)C. The highest BCUT2D eigenvalue weighted by Crippen LogP contribution is 2.59. The molecule has 0 aromatic heterocycles. The number of ether oxygens (including phenoxy) is 1. The van der Waals surface area contributed by atoms with Crippen LogP contribution in [0.25, 0.3) is 0 Å². The van der Waals surface area contributed by atoms with Gasteiger partial charge in [-0.25, -0.2) is 0 Å². The topological polar surface area (TPSA) is 52.3 Å². The van der Waals surface area contributed by atoms with Gasteiger partial charge in [-0.2, -0.15) is 0 Å². The Morgan fingerprint density at radius 3 is 2.00 bits per heavy atom. The van der Waals surface area contributed by atoms with E-state index in [4.69, 9.17) is 5.73 Å². The van der Waals surface area contributed by atoms with Gasteiger partial charge in [-0.1, -0.05) is 20.8 Å². The number of carbonyl (C=O) groups excluding carboxylic acids is 1. The van der Waals surface area contributed by atoms with Crippen LogP contribution in [0.1, 0.15) is 20.8 Å². The lowest BCUT2D eigenvalue weighted by atomic mass is 10.1. The Labute approximate surface area is 66.9 Å². The maximum Gasteiger partial charge on any atom is 0.326 e. The van der Waals surface area contributed by atoms with Gasteiger partial charge in [0.1, 0.15) is 5.54 Å². The Kier molecular flexibility index (Phi) is 1.53. The highest BCUT2D eigenvalue weighted by Gasteiger charge is 2.71. The molecule has 1 fully saturated rings. The number of methoxy groups -OCH3 is 1. The summed E-state index contributed by atoms with van der Waals surface area (Å²) in [6, 6.07) is 0. The van der Waals surface area contributed by atoms with Crippen LogP contribution in [-0.4, -0.2) is 18.6 Å². The van der Waals surface area contributed by atoms with Gasteiger partial charge < -0.3 is 10.5 Å². The van der Waals surface area contributed by atoms with E-state index in [1.54, 1.807) is 0 Å². The lowest BCUT2D eigenvalue weighted by Gasteiger charge is -2.10. The summed E-state index contributed by atoms with van der Waals surface area (Å²) in [6.45, 7) is 5.93. The summed E-state index contributed by atoms with van der Waals surface area (Å²) in [6.07, 6.45) is 0. The highest BCUT2D eigenvalue weighted by molar-refractivity contribution is 5.86. The van der Waals surface area contributed by atoms with E-state index in [1.165, 1.54) is 7.11 Å². The molecule has 0 amide bonds. The number of esters is 1. The molecule has 0 aromatic carbocycles. The van der Waals surface area contributed by atoms with Crippen molar-refractivity contribution in [3.63, 3.8) is 0 Å². The average molecular weight is 157 g/mol. The maximum absolute atomic E-state index is 11.2. The van der Waals surface area contributed by atoms with Gasteiger partial charge in [-0.15, -0.1) is 0 Å². The van der Waals surface area contributed by atoms with Crippen molar-refractivity contribution in [3.05, 3.63) is 0 Å². The number of rotatable bonds is 1. The minimum atomic E-state index is -0.748. The Bertz CT molecular complexity index is 200. The van der Waals surface area contributed by atoms with E-state index in [9.17, 15) is 4.79 Å². The van der Waals surface area contributed by atoms with Gasteiger partial charge in [0.25, 0.3) is 0 Å². The van der Waals surface area contributed by atoms with E-state index >= 15 is 0 Å². The molecule has 64 valence electrons. The summed E-state index contributed by atoms with van der Waals surface area (Å²) in [7, 11) is 1.37. The van der Waals surface area contributed by atoms with Crippen molar-refractivity contribution in [2.45, 2.75) is 26.3 Å². The van der Waals surface area contributed by atoms with Crippen molar-refractivity contribution in [2.75, 3.05) is 7.11 Å². The molecule has 1 rings (SSSR count). The van der Waals surface area contributed by atoms with Gasteiger partial charge >= 0.3 is 5.97 Å². The fourth-order valence-corrected chi connectivity index (χ4v) is 1.67. The number of hydrogen-bond acceptors (Lipinski definition) is 3. The first-order chi connectivity index (χ1) is 4.89. The largest absolute Gasteiger partial charge is 0.468 e. The third-order valence-electron chi connectivity index (χ3n) is 3.27. The first-order valence-corrected chi connectivity index (χ1v) is 3.76. The van der Waals surface area contributed by atoms with Gasteiger partial charge in [0.15, 0.2) is 0 Å². The van der Waals surface area contributed by atoms with Gasteiger partial charge in [0.2, 0.25) is 0 Å². The molecule has 2 N–H and O–H groups in total. The fraction of sp³-hybridized carbons (Fsp3) is 0.875. The Morgan fingerprint density at radius 1 is 1.55 bits per heavy atom. The molecular weight excluding hydrogens is 142 g/mol. The summed E-state index contributed by atoms with van der Waals surface area (Å²) < 4.78 is 4.62. The lowest BCUT2D eigenvalue weighted by molar-refractivity contribution is -0.144. The second-order valence-corrected chi connectivity index (χ2v) is 3.80. The fourth-order valence-electron chi connectivity index (χ4n) is 1.67. The molecule has 1 aliphatic rings. The summed E-state index contributed by atoms with van der Waals surface area (Å²) in [5.41, 5.74) is 4.99. The standard InChI is InChI=1S/C8H15NO2/c1-5-7(2,3)8(5,9)6(10)11-4/h5H,9H2,1-4H3/t5-,8-/m0/s1. The zero-order valence-electron chi connectivity index (χ0n) is 7.47. The van der Waals surface area contributed by atoms with Crippen molar-refractivity contribution in [3.8, 4) is 0 Å². The van der Waals surface area contributed by atoms with E-state index in [0.717, 1.165) is 0 Å². The molecule has 0 saturated heterocycles. The van der Waals surface area contributed by atoms with Crippen molar-refractivity contribution in [1.29, 1.82) is 0 Å². The zero-order chi connectivity index (χ0) is 8.86. The molecule has 3 nitrogen and oxygen atoms in total. The molecule has 1 aliphatic carbocycles. The summed E-state index contributed by atoms with van der Waals surface area (Å²) >= 11 is 0. The molecule has 11 heavy (non-hydrogen) atoms. The predicted molar refractivity (Wildman–Crippen MR) is 41.9 cm³/mol. The van der Waals surface area contributed by atoms with Crippen LogP contribution >= 0.6 is 0 Å². The summed E-state index contributed by atoms with van der Waals surface area (Å²) in [4.78, 5) is 11.2. The quantitative estimate of drug-likeness (QED) is 0.565. The van der Waals surface area contributed by atoms with Crippen LogP contribution in [0, 0.1) is 11.3 Å². The van der Waals surface area contributed by atoms with E-state index in [0.29, 0.717) is 0 Å².